The molecule has 38 heavy (non-hydrogen) atoms. The number of H-pyrrole nitrogens is 1. The number of rotatable bonds is 6. The SMILES string of the molecule is CC(=O)N1CC(NC(=O)c2cc(C(=O)NCc3ccc(F)c(C)c3)ncn2)c2ccc(-c3nn[nH]n3)cc21. The third-order valence-corrected chi connectivity index (χ3v) is 6.16. The second-order valence-corrected chi connectivity index (χ2v) is 8.72. The number of amides is 3. The minimum absolute atomic E-state index is 0.00548. The van der Waals surface area contributed by atoms with Crippen molar-refractivity contribution in [3.63, 3.8) is 0 Å². The molecule has 1 atom stereocenters. The van der Waals surface area contributed by atoms with E-state index in [0.717, 1.165) is 17.5 Å². The molecule has 3 N–H and O–H groups in total. The first-order chi connectivity index (χ1) is 18.3. The fraction of sp³-hybridized carbons (Fsp3) is 0.200. The quantitative estimate of drug-likeness (QED) is 0.351. The number of nitrogens with zero attached hydrogens (tertiary/aromatic N) is 6. The van der Waals surface area contributed by atoms with Crippen molar-refractivity contribution in [2.45, 2.75) is 26.4 Å². The number of aryl methyl sites for hydroxylation is 1. The first kappa shape index (κ1) is 24.6. The lowest BCUT2D eigenvalue weighted by Gasteiger charge is -2.16. The zero-order valence-electron chi connectivity index (χ0n) is 20.4. The van der Waals surface area contributed by atoms with Crippen LogP contribution in [-0.2, 0) is 11.3 Å². The Kier molecular flexibility index (Phi) is 6.56. The summed E-state index contributed by atoms with van der Waals surface area (Å²) in [7, 11) is 0. The Balaban J connectivity index is 1.30. The first-order valence-electron chi connectivity index (χ1n) is 11.6. The molecule has 2 aromatic carbocycles. The summed E-state index contributed by atoms with van der Waals surface area (Å²) in [6, 6.07) is 10.7. The zero-order valence-corrected chi connectivity index (χ0v) is 20.4. The molecule has 0 saturated heterocycles. The van der Waals surface area contributed by atoms with E-state index in [9.17, 15) is 18.8 Å². The van der Waals surface area contributed by atoms with Crippen molar-refractivity contribution >= 4 is 23.4 Å². The van der Waals surface area contributed by atoms with E-state index in [1.54, 1.807) is 42.2 Å². The van der Waals surface area contributed by atoms with E-state index in [-0.39, 0.29) is 36.2 Å². The number of benzene rings is 2. The summed E-state index contributed by atoms with van der Waals surface area (Å²) in [6.07, 6.45) is 1.13. The van der Waals surface area contributed by atoms with Crippen LogP contribution in [0.5, 0.6) is 0 Å². The number of fused-ring (bicyclic) bond motifs is 1. The lowest BCUT2D eigenvalue weighted by atomic mass is 10.1. The molecule has 12 nitrogen and oxygen atoms in total. The van der Waals surface area contributed by atoms with Gasteiger partial charge in [0.15, 0.2) is 0 Å². The Labute approximate surface area is 215 Å². The van der Waals surface area contributed by atoms with Crippen molar-refractivity contribution in [2.75, 3.05) is 11.4 Å². The number of anilines is 1. The molecule has 0 bridgehead atoms. The van der Waals surface area contributed by atoms with Gasteiger partial charge in [-0.3, -0.25) is 14.4 Å². The zero-order chi connectivity index (χ0) is 26.8. The van der Waals surface area contributed by atoms with Gasteiger partial charge in [-0.15, -0.1) is 10.2 Å². The van der Waals surface area contributed by atoms with Crippen molar-refractivity contribution in [1.82, 2.24) is 41.2 Å². The lowest BCUT2D eigenvalue weighted by Crippen LogP contribution is -2.35. The summed E-state index contributed by atoms with van der Waals surface area (Å²) in [5.41, 5.74) is 3.23. The van der Waals surface area contributed by atoms with E-state index < -0.39 is 17.9 Å². The molecule has 0 saturated carbocycles. The van der Waals surface area contributed by atoms with Gasteiger partial charge in [-0.05, 0) is 35.4 Å². The van der Waals surface area contributed by atoms with Crippen LogP contribution in [0.3, 0.4) is 0 Å². The van der Waals surface area contributed by atoms with Crippen molar-refractivity contribution in [3.05, 3.63) is 82.7 Å². The number of carbonyl (C=O) groups excluding carboxylic acids is 3. The maximum Gasteiger partial charge on any atom is 0.270 e. The highest BCUT2D eigenvalue weighted by molar-refractivity contribution is 5.99. The molecule has 192 valence electrons. The minimum Gasteiger partial charge on any atom is -0.347 e. The Hall–Kier alpha value is -5.07. The Morgan fingerprint density at radius 1 is 1.08 bits per heavy atom. The fourth-order valence-corrected chi connectivity index (χ4v) is 4.22. The van der Waals surface area contributed by atoms with Crippen LogP contribution in [0.2, 0.25) is 0 Å². The van der Waals surface area contributed by atoms with Gasteiger partial charge in [0.2, 0.25) is 11.7 Å². The Morgan fingerprint density at radius 3 is 2.58 bits per heavy atom. The molecule has 1 aliphatic rings. The summed E-state index contributed by atoms with van der Waals surface area (Å²) in [4.78, 5) is 47.5. The third-order valence-electron chi connectivity index (χ3n) is 6.16. The highest BCUT2D eigenvalue weighted by Gasteiger charge is 2.33. The minimum atomic E-state index is -0.529. The fourth-order valence-electron chi connectivity index (χ4n) is 4.22. The van der Waals surface area contributed by atoms with E-state index in [0.29, 0.717) is 22.6 Å². The molecule has 0 spiro atoms. The van der Waals surface area contributed by atoms with Crippen LogP contribution in [0.1, 0.15) is 50.6 Å². The van der Waals surface area contributed by atoms with Crippen LogP contribution in [0.15, 0.2) is 48.8 Å². The highest BCUT2D eigenvalue weighted by atomic mass is 19.1. The predicted octanol–water partition coefficient (Wildman–Crippen LogP) is 1.87. The second kappa shape index (κ2) is 10.1. The predicted molar refractivity (Wildman–Crippen MR) is 132 cm³/mol. The standard InChI is InChI=1S/C25H22FN9O3/c1-13-7-15(3-6-18(13)26)10-27-24(37)19-9-20(29-12-28-19)25(38)30-21-11-35(14(2)36)22-8-16(4-5-17(21)22)23-31-33-34-32-23/h3-9,12,21H,10-11H2,1-2H3,(H,27,37)(H,30,38)(H,31,32,33,34). The summed E-state index contributed by atoms with van der Waals surface area (Å²) in [6.45, 7) is 3.47. The molecule has 4 aromatic rings. The van der Waals surface area contributed by atoms with Crippen LogP contribution in [0, 0.1) is 12.7 Å². The van der Waals surface area contributed by atoms with Crippen LogP contribution in [-0.4, -0.2) is 54.9 Å². The number of aromatic nitrogens is 6. The molecule has 5 rings (SSSR count). The molecule has 1 aliphatic heterocycles. The van der Waals surface area contributed by atoms with E-state index >= 15 is 0 Å². The highest BCUT2D eigenvalue weighted by Crippen LogP contribution is 2.37. The number of tetrazole rings is 1. The topological polar surface area (TPSA) is 159 Å². The molecule has 0 aliphatic carbocycles. The average molecular weight is 516 g/mol. The number of halogens is 1. The molecule has 2 aromatic heterocycles. The Bertz CT molecular complexity index is 1540. The van der Waals surface area contributed by atoms with Gasteiger partial charge in [-0.2, -0.15) is 5.21 Å². The normalized spacial score (nSPS) is 14.2. The molecular formula is C25H22FN9O3. The molecule has 0 fully saturated rings. The van der Waals surface area contributed by atoms with E-state index in [1.807, 2.05) is 0 Å². The maximum atomic E-state index is 13.5. The number of nitrogens with one attached hydrogen (secondary N) is 3. The van der Waals surface area contributed by atoms with Gasteiger partial charge in [0, 0.05) is 36.3 Å². The number of carbonyl (C=O) groups is 3. The number of hydrogen-bond donors (Lipinski definition) is 3. The van der Waals surface area contributed by atoms with Gasteiger partial charge >= 0.3 is 0 Å². The van der Waals surface area contributed by atoms with Crippen LogP contribution >= 0.6 is 0 Å². The number of aromatic amines is 1. The van der Waals surface area contributed by atoms with E-state index in [2.05, 4.69) is 41.2 Å². The van der Waals surface area contributed by atoms with Crippen LogP contribution in [0.4, 0.5) is 10.1 Å². The van der Waals surface area contributed by atoms with Gasteiger partial charge in [0.1, 0.15) is 23.5 Å². The van der Waals surface area contributed by atoms with Crippen LogP contribution in [0.25, 0.3) is 11.4 Å². The van der Waals surface area contributed by atoms with Gasteiger partial charge in [-0.1, -0.05) is 24.3 Å². The summed E-state index contributed by atoms with van der Waals surface area (Å²) >= 11 is 0. The van der Waals surface area contributed by atoms with E-state index in [1.165, 1.54) is 19.1 Å². The monoisotopic (exact) mass is 515 g/mol. The first-order valence-corrected chi connectivity index (χ1v) is 11.6. The molecule has 3 heterocycles. The molecular weight excluding hydrogens is 493 g/mol. The summed E-state index contributed by atoms with van der Waals surface area (Å²) in [5, 5.41) is 19.5. The van der Waals surface area contributed by atoms with Gasteiger partial charge in [0.25, 0.3) is 11.8 Å². The largest absolute Gasteiger partial charge is 0.347 e. The van der Waals surface area contributed by atoms with Crippen molar-refractivity contribution in [1.29, 1.82) is 0 Å². The van der Waals surface area contributed by atoms with Gasteiger partial charge in [-0.25, -0.2) is 14.4 Å². The van der Waals surface area contributed by atoms with Crippen molar-refractivity contribution < 1.29 is 18.8 Å². The smallest absolute Gasteiger partial charge is 0.270 e. The lowest BCUT2D eigenvalue weighted by molar-refractivity contribution is -0.116. The summed E-state index contributed by atoms with van der Waals surface area (Å²) in [5.74, 6) is -1.17. The summed E-state index contributed by atoms with van der Waals surface area (Å²) < 4.78 is 13.5. The third kappa shape index (κ3) is 4.93. The van der Waals surface area contributed by atoms with Gasteiger partial charge < -0.3 is 15.5 Å². The van der Waals surface area contributed by atoms with Crippen molar-refractivity contribution in [3.8, 4) is 11.4 Å². The second-order valence-electron chi connectivity index (χ2n) is 8.72. The van der Waals surface area contributed by atoms with E-state index in [4.69, 9.17) is 0 Å². The number of hydrogen-bond acceptors (Lipinski definition) is 8. The average Bonchev–Trinajstić information content (AvgIpc) is 3.58. The molecule has 1 unspecified atom stereocenters. The van der Waals surface area contributed by atoms with Crippen molar-refractivity contribution in [2.24, 2.45) is 0 Å². The molecule has 13 heteroatoms. The maximum absolute atomic E-state index is 13.5. The molecule has 3 amide bonds. The Morgan fingerprint density at radius 2 is 1.87 bits per heavy atom. The van der Waals surface area contributed by atoms with Crippen LogP contribution < -0.4 is 15.5 Å². The molecule has 0 radical (unpaired) electrons. The van der Waals surface area contributed by atoms with Gasteiger partial charge in [0.05, 0.1) is 12.6 Å².